The second kappa shape index (κ2) is 4.99. The molecule has 2 amide bonds. The minimum atomic E-state index is -0.956. The zero-order valence-corrected chi connectivity index (χ0v) is 10.4. The number of primary amides is 1. The molecule has 0 saturated carbocycles. The second-order valence-corrected chi connectivity index (χ2v) is 4.87. The van der Waals surface area contributed by atoms with Gasteiger partial charge in [0.25, 0.3) is 0 Å². The summed E-state index contributed by atoms with van der Waals surface area (Å²) >= 11 is 0. The van der Waals surface area contributed by atoms with Gasteiger partial charge >= 0.3 is 11.8 Å². The fraction of sp³-hybridized carbons (Fsp3) is 0.385. The normalized spacial score (nSPS) is 11.0. The molecule has 4 heteroatoms. The van der Waals surface area contributed by atoms with Crippen molar-refractivity contribution in [1.82, 2.24) is 5.32 Å². The summed E-state index contributed by atoms with van der Waals surface area (Å²) in [5.41, 5.74) is 6.69. The van der Waals surface area contributed by atoms with E-state index in [1.165, 1.54) is 5.56 Å². The van der Waals surface area contributed by atoms with Gasteiger partial charge in [0.05, 0.1) is 0 Å². The van der Waals surface area contributed by atoms with Crippen LogP contribution in [0, 0.1) is 6.92 Å². The Morgan fingerprint density at radius 3 is 2.53 bits per heavy atom. The number of hydrogen-bond donors (Lipinski definition) is 2. The Morgan fingerprint density at radius 1 is 1.35 bits per heavy atom. The molecular formula is C13H18N2O2. The number of carbonyl (C=O) groups is 2. The maximum absolute atomic E-state index is 11.2. The van der Waals surface area contributed by atoms with Crippen molar-refractivity contribution < 1.29 is 9.59 Å². The van der Waals surface area contributed by atoms with Gasteiger partial charge in [0, 0.05) is 5.54 Å². The van der Waals surface area contributed by atoms with E-state index >= 15 is 0 Å². The Morgan fingerprint density at radius 2 is 2.00 bits per heavy atom. The monoisotopic (exact) mass is 234 g/mol. The van der Waals surface area contributed by atoms with Crippen molar-refractivity contribution in [3.8, 4) is 0 Å². The van der Waals surface area contributed by atoms with Crippen molar-refractivity contribution in [1.29, 1.82) is 0 Å². The standard InChI is InChI=1S/C13H18N2O2/c1-9-5-4-6-10(7-9)8-13(2,3)15-12(17)11(14)16/h4-7H,8H2,1-3H3,(H2,14,16)(H,15,17). The average Bonchev–Trinajstić information content (AvgIpc) is 2.15. The summed E-state index contributed by atoms with van der Waals surface area (Å²) < 4.78 is 0. The molecule has 0 aliphatic carbocycles. The van der Waals surface area contributed by atoms with Crippen LogP contribution in [0.25, 0.3) is 0 Å². The molecule has 0 saturated heterocycles. The number of nitrogens with two attached hydrogens (primary N) is 1. The number of carbonyl (C=O) groups excluding carboxylic acids is 2. The van der Waals surface area contributed by atoms with E-state index in [1.54, 1.807) is 0 Å². The number of benzene rings is 1. The number of aryl methyl sites for hydroxylation is 1. The lowest BCUT2D eigenvalue weighted by atomic mass is 9.94. The third-order valence-corrected chi connectivity index (χ3v) is 2.40. The number of rotatable bonds is 3. The lowest BCUT2D eigenvalue weighted by molar-refractivity contribution is -0.138. The molecule has 1 aromatic carbocycles. The maximum atomic E-state index is 11.2. The highest BCUT2D eigenvalue weighted by Gasteiger charge is 2.23. The third kappa shape index (κ3) is 4.26. The van der Waals surface area contributed by atoms with Crippen LogP contribution < -0.4 is 11.1 Å². The maximum Gasteiger partial charge on any atom is 0.309 e. The van der Waals surface area contributed by atoms with Crippen molar-refractivity contribution in [3.63, 3.8) is 0 Å². The van der Waals surface area contributed by atoms with Crippen LogP contribution in [0.5, 0.6) is 0 Å². The lowest BCUT2D eigenvalue weighted by Crippen LogP contribution is -2.49. The second-order valence-electron chi connectivity index (χ2n) is 4.87. The molecule has 0 unspecified atom stereocenters. The van der Waals surface area contributed by atoms with Gasteiger partial charge in [0.1, 0.15) is 0 Å². The van der Waals surface area contributed by atoms with Gasteiger partial charge in [-0.3, -0.25) is 9.59 Å². The van der Waals surface area contributed by atoms with Crippen LogP contribution in [0.1, 0.15) is 25.0 Å². The first-order chi connectivity index (χ1) is 7.80. The first-order valence-electron chi connectivity index (χ1n) is 5.48. The van der Waals surface area contributed by atoms with Crippen molar-refractivity contribution in [2.45, 2.75) is 32.7 Å². The van der Waals surface area contributed by atoms with Crippen molar-refractivity contribution in [2.24, 2.45) is 5.73 Å². The van der Waals surface area contributed by atoms with Crippen LogP contribution in [-0.2, 0) is 16.0 Å². The molecular weight excluding hydrogens is 216 g/mol. The van der Waals surface area contributed by atoms with Gasteiger partial charge in [-0.1, -0.05) is 29.8 Å². The summed E-state index contributed by atoms with van der Waals surface area (Å²) in [6.45, 7) is 5.73. The predicted octanol–water partition coefficient (Wildman–Crippen LogP) is 0.918. The van der Waals surface area contributed by atoms with Crippen LogP contribution in [0.3, 0.4) is 0 Å². The smallest absolute Gasteiger partial charge is 0.309 e. The van der Waals surface area contributed by atoms with Crippen molar-refractivity contribution >= 4 is 11.8 Å². The zero-order valence-electron chi connectivity index (χ0n) is 10.4. The third-order valence-electron chi connectivity index (χ3n) is 2.40. The molecule has 0 aliphatic rings. The quantitative estimate of drug-likeness (QED) is 0.763. The number of amides is 2. The Labute approximate surface area is 101 Å². The molecule has 17 heavy (non-hydrogen) atoms. The van der Waals surface area contributed by atoms with Gasteiger partial charge in [-0.2, -0.15) is 0 Å². The van der Waals surface area contributed by atoms with E-state index in [2.05, 4.69) is 11.4 Å². The zero-order chi connectivity index (χ0) is 13.1. The van der Waals surface area contributed by atoms with Gasteiger partial charge < -0.3 is 11.1 Å². The molecule has 1 aromatic rings. The molecule has 0 heterocycles. The molecule has 4 nitrogen and oxygen atoms in total. The Kier molecular flexibility index (Phi) is 3.89. The van der Waals surface area contributed by atoms with Crippen LogP contribution in [0.4, 0.5) is 0 Å². The highest BCUT2D eigenvalue weighted by Crippen LogP contribution is 2.13. The molecule has 0 aromatic heterocycles. The molecule has 0 atom stereocenters. The molecule has 0 spiro atoms. The number of nitrogens with one attached hydrogen (secondary N) is 1. The first-order valence-corrected chi connectivity index (χ1v) is 5.48. The summed E-state index contributed by atoms with van der Waals surface area (Å²) in [6, 6.07) is 8.03. The fourth-order valence-corrected chi connectivity index (χ4v) is 1.75. The highest BCUT2D eigenvalue weighted by molar-refractivity contribution is 6.34. The molecule has 1 rings (SSSR count). The van der Waals surface area contributed by atoms with Gasteiger partial charge in [-0.25, -0.2) is 0 Å². The van der Waals surface area contributed by atoms with Crippen molar-refractivity contribution in [3.05, 3.63) is 35.4 Å². The summed E-state index contributed by atoms with van der Waals surface area (Å²) in [5.74, 6) is -1.70. The fourth-order valence-electron chi connectivity index (χ4n) is 1.75. The first kappa shape index (κ1) is 13.2. The molecule has 0 radical (unpaired) electrons. The molecule has 0 bridgehead atoms. The van der Waals surface area contributed by atoms with Crippen molar-refractivity contribution in [2.75, 3.05) is 0 Å². The largest absolute Gasteiger partial charge is 0.361 e. The topological polar surface area (TPSA) is 72.2 Å². The summed E-state index contributed by atoms with van der Waals surface area (Å²) in [4.78, 5) is 21.9. The van der Waals surface area contributed by atoms with E-state index in [4.69, 9.17) is 5.73 Å². The van der Waals surface area contributed by atoms with Gasteiger partial charge in [-0.05, 0) is 32.8 Å². The van der Waals surface area contributed by atoms with E-state index in [0.717, 1.165) is 5.56 Å². The summed E-state index contributed by atoms with van der Waals surface area (Å²) in [5, 5.41) is 2.61. The van der Waals surface area contributed by atoms with E-state index in [0.29, 0.717) is 6.42 Å². The Balaban J connectivity index is 2.72. The number of hydrogen-bond acceptors (Lipinski definition) is 2. The van der Waals surface area contributed by atoms with E-state index in [-0.39, 0.29) is 0 Å². The SMILES string of the molecule is Cc1cccc(CC(C)(C)NC(=O)C(N)=O)c1. The Bertz CT molecular complexity index is 439. The van der Waals surface area contributed by atoms with Crippen LogP contribution >= 0.6 is 0 Å². The Hall–Kier alpha value is -1.84. The van der Waals surface area contributed by atoms with E-state index < -0.39 is 17.4 Å². The van der Waals surface area contributed by atoms with Gasteiger partial charge in [0.15, 0.2) is 0 Å². The lowest BCUT2D eigenvalue weighted by Gasteiger charge is -2.25. The minimum absolute atomic E-state index is 0.500. The molecule has 92 valence electrons. The van der Waals surface area contributed by atoms with E-state index in [9.17, 15) is 9.59 Å². The minimum Gasteiger partial charge on any atom is -0.361 e. The van der Waals surface area contributed by atoms with E-state index in [1.807, 2.05) is 39.0 Å². The molecule has 0 fully saturated rings. The molecule has 3 N–H and O–H groups in total. The molecule has 0 aliphatic heterocycles. The predicted molar refractivity (Wildman–Crippen MR) is 66.3 cm³/mol. The highest BCUT2D eigenvalue weighted by atomic mass is 16.2. The summed E-state index contributed by atoms with van der Waals surface area (Å²) in [6.07, 6.45) is 0.647. The van der Waals surface area contributed by atoms with Crippen LogP contribution in [-0.4, -0.2) is 17.4 Å². The van der Waals surface area contributed by atoms with Gasteiger partial charge in [-0.15, -0.1) is 0 Å². The summed E-state index contributed by atoms with van der Waals surface area (Å²) in [7, 11) is 0. The van der Waals surface area contributed by atoms with Gasteiger partial charge in [0.2, 0.25) is 0 Å². The van der Waals surface area contributed by atoms with Crippen LogP contribution in [0.2, 0.25) is 0 Å². The van der Waals surface area contributed by atoms with Crippen LogP contribution in [0.15, 0.2) is 24.3 Å². The average molecular weight is 234 g/mol.